The zero-order valence-electron chi connectivity index (χ0n) is 29.4. The second-order valence-electron chi connectivity index (χ2n) is 12.5. The van der Waals surface area contributed by atoms with E-state index < -0.39 is 10.1 Å². The molecule has 0 amide bonds. The summed E-state index contributed by atoms with van der Waals surface area (Å²) in [6.07, 6.45) is 28.7. The first kappa shape index (κ1) is 43.9. The number of hydrogen-bond acceptors (Lipinski definition) is 3. The standard InChI is InChI=1S/C28H57FO3S.C8H20N/c1-2-3-4-5-6-7-8-9-10-11-12-13-15-18-21-24-27-32-33(30,31)28-25-22-19-16-14-17-20-23-26-29;1-5-9(6-2,7-3)8-4/h2-28H2,1H3;5-8H2,1-4H3/q;+1. The predicted molar refractivity (Wildman–Crippen MR) is 185 cm³/mol. The van der Waals surface area contributed by atoms with Gasteiger partial charge in [0.15, 0.2) is 0 Å². The Hall–Kier alpha value is -0.200. The third-order valence-electron chi connectivity index (χ3n) is 9.22. The van der Waals surface area contributed by atoms with E-state index in [0.29, 0.717) is 19.4 Å². The highest BCUT2D eigenvalue weighted by Gasteiger charge is 2.16. The molecular weight excluding hydrogens is 545 g/mol. The first-order valence-electron chi connectivity index (χ1n) is 18.6. The molecule has 42 heavy (non-hydrogen) atoms. The Morgan fingerprint density at radius 2 is 0.762 bits per heavy atom. The minimum Gasteiger partial charge on any atom is -0.325 e. The summed E-state index contributed by atoms with van der Waals surface area (Å²) < 4.78 is 42.3. The lowest BCUT2D eigenvalue weighted by Gasteiger charge is -2.34. The van der Waals surface area contributed by atoms with Crippen molar-refractivity contribution in [3.8, 4) is 0 Å². The Kier molecular flexibility index (Phi) is 35.2. The van der Waals surface area contributed by atoms with Crippen molar-refractivity contribution in [2.24, 2.45) is 0 Å². The number of alkyl halides is 1. The van der Waals surface area contributed by atoms with Gasteiger partial charge in [0.1, 0.15) is 0 Å². The number of rotatable bonds is 32. The summed E-state index contributed by atoms with van der Waals surface area (Å²) in [5, 5.41) is 0. The van der Waals surface area contributed by atoms with Crippen molar-refractivity contribution in [2.75, 3.05) is 45.2 Å². The fourth-order valence-electron chi connectivity index (χ4n) is 5.67. The molecule has 0 saturated heterocycles. The molecule has 4 nitrogen and oxygen atoms in total. The SMILES string of the molecule is CCCCCCCCCCCCCCCCCCOS(=O)(=O)CCCCCCCCCCF.CC[N+](CC)(CC)CC. The van der Waals surface area contributed by atoms with Gasteiger partial charge in [-0.05, 0) is 47.0 Å². The van der Waals surface area contributed by atoms with Crippen LogP contribution in [-0.4, -0.2) is 58.1 Å². The Morgan fingerprint density at radius 3 is 1.07 bits per heavy atom. The maximum Gasteiger partial charge on any atom is 0.267 e. The van der Waals surface area contributed by atoms with Gasteiger partial charge in [-0.25, -0.2) is 0 Å². The first-order chi connectivity index (χ1) is 20.4. The smallest absolute Gasteiger partial charge is 0.267 e. The van der Waals surface area contributed by atoms with E-state index in [0.717, 1.165) is 51.4 Å². The number of nitrogens with zero attached hydrogens (tertiary/aromatic N) is 1. The Balaban J connectivity index is 0. The summed E-state index contributed by atoms with van der Waals surface area (Å²) >= 11 is 0. The minimum absolute atomic E-state index is 0.147. The highest BCUT2D eigenvalue weighted by atomic mass is 32.2. The highest BCUT2D eigenvalue weighted by molar-refractivity contribution is 7.86. The molecule has 0 aromatic heterocycles. The van der Waals surface area contributed by atoms with Gasteiger partial charge in [0.05, 0.1) is 45.2 Å². The van der Waals surface area contributed by atoms with E-state index in [2.05, 4.69) is 34.6 Å². The van der Waals surface area contributed by atoms with Gasteiger partial charge in [-0.2, -0.15) is 8.42 Å². The lowest BCUT2D eigenvalue weighted by molar-refractivity contribution is -0.921. The monoisotopic (exact) mass is 623 g/mol. The van der Waals surface area contributed by atoms with Gasteiger partial charge in [0.2, 0.25) is 0 Å². The maximum atomic E-state index is 12.0. The van der Waals surface area contributed by atoms with E-state index >= 15 is 0 Å². The maximum absolute atomic E-state index is 12.0. The van der Waals surface area contributed by atoms with Crippen LogP contribution in [0, 0.1) is 0 Å². The molecular formula is C36H77FNO3S+. The van der Waals surface area contributed by atoms with Crippen LogP contribution in [0.3, 0.4) is 0 Å². The molecule has 0 aliphatic rings. The van der Waals surface area contributed by atoms with Gasteiger partial charge < -0.3 is 4.48 Å². The molecule has 0 radical (unpaired) electrons. The predicted octanol–water partition coefficient (Wildman–Crippen LogP) is 11.6. The van der Waals surface area contributed by atoms with Gasteiger partial charge in [0.25, 0.3) is 10.1 Å². The van der Waals surface area contributed by atoms with E-state index in [1.54, 1.807) is 0 Å². The molecule has 0 aromatic carbocycles. The van der Waals surface area contributed by atoms with Crippen molar-refractivity contribution in [3.63, 3.8) is 0 Å². The molecule has 6 heteroatoms. The van der Waals surface area contributed by atoms with Crippen LogP contribution in [0.1, 0.15) is 189 Å². The molecule has 0 unspecified atom stereocenters. The molecule has 0 fully saturated rings. The molecule has 0 rings (SSSR count). The van der Waals surface area contributed by atoms with Crippen LogP contribution < -0.4 is 0 Å². The van der Waals surface area contributed by atoms with Gasteiger partial charge in [-0.15, -0.1) is 0 Å². The van der Waals surface area contributed by atoms with Crippen molar-refractivity contribution in [1.82, 2.24) is 0 Å². The van der Waals surface area contributed by atoms with Crippen LogP contribution >= 0.6 is 0 Å². The topological polar surface area (TPSA) is 43.4 Å². The number of hydrogen-bond donors (Lipinski definition) is 0. The quantitative estimate of drug-likeness (QED) is 0.0426. The Morgan fingerprint density at radius 1 is 0.452 bits per heavy atom. The fraction of sp³-hybridized carbons (Fsp3) is 1.00. The molecule has 0 bridgehead atoms. The van der Waals surface area contributed by atoms with Gasteiger partial charge in [-0.1, -0.05) is 142 Å². The Bertz CT molecular complexity index is 593. The van der Waals surface area contributed by atoms with E-state index in [1.165, 1.54) is 121 Å². The molecule has 0 saturated carbocycles. The first-order valence-corrected chi connectivity index (χ1v) is 20.2. The number of unbranched alkanes of at least 4 members (excludes halogenated alkanes) is 22. The summed E-state index contributed by atoms with van der Waals surface area (Å²) in [5.74, 6) is 0.147. The average molecular weight is 623 g/mol. The lowest BCUT2D eigenvalue weighted by atomic mass is 10.0. The van der Waals surface area contributed by atoms with E-state index in [4.69, 9.17) is 4.18 Å². The third-order valence-corrected chi connectivity index (χ3v) is 10.5. The fourth-order valence-corrected chi connectivity index (χ4v) is 6.72. The minimum atomic E-state index is -3.35. The van der Waals surface area contributed by atoms with Crippen LogP contribution in [0.25, 0.3) is 0 Å². The van der Waals surface area contributed by atoms with Crippen molar-refractivity contribution in [3.05, 3.63) is 0 Å². The van der Waals surface area contributed by atoms with E-state index in [9.17, 15) is 12.8 Å². The van der Waals surface area contributed by atoms with Crippen LogP contribution in [-0.2, 0) is 14.3 Å². The lowest BCUT2D eigenvalue weighted by Crippen LogP contribution is -2.47. The summed E-state index contributed by atoms with van der Waals surface area (Å²) in [4.78, 5) is 0. The third kappa shape index (κ3) is 31.2. The summed E-state index contributed by atoms with van der Waals surface area (Å²) in [5.41, 5.74) is 0. The summed E-state index contributed by atoms with van der Waals surface area (Å²) in [6.45, 7) is 16.6. The van der Waals surface area contributed by atoms with Crippen LogP contribution in [0.4, 0.5) is 4.39 Å². The van der Waals surface area contributed by atoms with Crippen LogP contribution in [0.5, 0.6) is 0 Å². The normalized spacial score (nSPS) is 12.0. The molecule has 256 valence electrons. The average Bonchev–Trinajstić information content (AvgIpc) is 2.99. The van der Waals surface area contributed by atoms with Crippen LogP contribution in [0.15, 0.2) is 0 Å². The van der Waals surface area contributed by atoms with Crippen molar-refractivity contribution in [1.29, 1.82) is 0 Å². The second-order valence-corrected chi connectivity index (χ2v) is 14.3. The highest BCUT2D eigenvalue weighted by Crippen LogP contribution is 2.14. The number of halogens is 1. The van der Waals surface area contributed by atoms with Crippen molar-refractivity contribution < 1.29 is 21.5 Å². The summed E-state index contributed by atoms with van der Waals surface area (Å²) in [7, 11) is -3.35. The molecule has 0 atom stereocenters. The van der Waals surface area contributed by atoms with Crippen LogP contribution in [0.2, 0.25) is 0 Å². The van der Waals surface area contributed by atoms with Crippen molar-refractivity contribution >= 4 is 10.1 Å². The zero-order chi connectivity index (χ0) is 31.6. The molecule has 0 spiro atoms. The van der Waals surface area contributed by atoms with Gasteiger partial charge in [-0.3, -0.25) is 8.57 Å². The molecule has 0 aromatic rings. The zero-order valence-corrected chi connectivity index (χ0v) is 30.2. The molecule has 0 aliphatic heterocycles. The van der Waals surface area contributed by atoms with E-state index in [1.807, 2.05) is 0 Å². The van der Waals surface area contributed by atoms with E-state index in [-0.39, 0.29) is 12.4 Å². The Labute approximate surface area is 265 Å². The van der Waals surface area contributed by atoms with Crippen molar-refractivity contribution in [2.45, 2.75) is 189 Å². The second kappa shape index (κ2) is 33.7. The van der Waals surface area contributed by atoms with Gasteiger partial charge >= 0.3 is 0 Å². The van der Waals surface area contributed by atoms with Gasteiger partial charge in [0, 0.05) is 0 Å². The molecule has 0 N–H and O–H groups in total. The molecule has 0 heterocycles. The molecule has 0 aliphatic carbocycles. The summed E-state index contributed by atoms with van der Waals surface area (Å²) in [6, 6.07) is 0. The number of quaternary nitrogens is 1. The largest absolute Gasteiger partial charge is 0.325 e.